The zero-order chi connectivity index (χ0) is 22.5. The number of nitrogens with one attached hydrogen (secondary N) is 1. The molecule has 3 aromatic rings. The van der Waals surface area contributed by atoms with Crippen LogP contribution in [-0.4, -0.2) is 35.9 Å². The predicted octanol–water partition coefficient (Wildman–Crippen LogP) is 4.90. The van der Waals surface area contributed by atoms with Gasteiger partial charge in [0, 0.05) is 48.8 Å². The van der Waals surface area contributed by atoms with Crippen LogP contribution in [0.5, 0.6) is 5.75 Å². The van der Waals surface area contributed by atoms with Gasteiger partial charge in [-0.3, -0.25) is 9.59 Å². The van der Waals surface area contributed by atoms with Crippen LogP contribution < -0.4 is 10.1 Å². The molecule has 0 saturated carbocycles. The highest BCUT2D eigenvalue weighted by Gasteiger charge is 2.25. The van der Waals surface area contributed by atoms with Crippen molar-refractivity contribution in [1.82, 2.24) is 4.90 Å². The molecule has 0 aromatic heterocycles. The van der Waals surface area contributed by atoms with Gasteiger partial charge in [0.2, 0.25) is 0 Å². The van der Waals surface area contributed by atoms with Gasteiger partial charge in [0.15, 0.2) is 11.6 Å². The molecule has 164 valence electrons. The lowest BCUT2D eigenvalue weighted by atomic mass is 10.1. The number of nitrogens with zero attached hydrogens (tertiary/aromatic N) is 1. The molecule has 1 aliphatic heterocycles. The van der Waals surface area contributed by atoms with E-state index in [0.29, 0.717) is 42.7 Å². The van der Waals surface area contributed by atoms with Crippen LogP contribution in [0.2, 0.25) is 0 Å². The smallest absolute Gasteiger partial charge is 0.255 e. The highest BCUT2D eigenvalue weighted by atomic mass is 19.1. The molecular formula is C25H22F2N2O3. The van der Waals surface area contributed by atoms with Gasteiger partial charge in [0.05, 0.1) is 0 Å². The average molecular weight is 436 g/mol. The van der Waals surface area contributed by atoms with E-state index in [4.69, 9.17) is 4.74 Å². The Bertz CT molecular complexity index is 1100. The Labute approximate surface area is 184 Å². The highest BCUT2D eigenvalue weighted by Crippen LogP contribution is 2.24. The summed E-state index contributed by atoms with van der Waals surface area (Å²) in [5.41, 5.74) is 1.67. The van der Waals surface area contributed by atoms with Crippen molar-refractivity contribution in [3.63, 3.8) is 0 Å². The first-order valence-electron chi connectivity index (χ1n) is 10.4. The summed E-state index contributed by atoms with van der Waals surface area (Å²) in [5.74, 6) is -1.70. The van der Waals surface area contributed by atoms with E-state index in [1.807, 2.05) is 6.07 Å². The summed E-state index contributed by atoms with van der Waals surface area (Å²) in [5, 5.41) is 2.81. The maximum Gasteiger partial charge on any atom is 0.255 e. The average Bonchev–Trinajstić information content (AvgIpc) is 2.82. The van der Waals surface area contributed by atoms with E-state index in [9.17, 15) is 18.4 Å². The fourth-order valence-corrected chi connectivity index (χ4v) is 3.60. The molecular weight excluding hydrogens is 414 g/mol. The Kier molecular flexibility index (Phi) is 6.44. The molecule has 2 amide bonds. The zero-order valence-corrected chi connectivity index (χ0v) is 17.3. The number of carbonyl (C=O) groups excluding carboxylic acids is 2. The second-order valence-corrected chi connectivity index (χ2v) is 7.58. The summed E-state index contributed by atoms with van der Waals surface area (Å²) >= 11 is 0. The van der Waals surface area contributed by atoms with Gasteiger partial charge >= 0.3 is 0 Å². The first-order chi connectivity index (χ1) is 15.5. The van der Waals surface area contributed by atoms with Gasteiger partial charge in [-0.15, -0.1) is 0 Å². The third-order valence-corrected chi connectivity index (χ3v) is 5.34. The molecule has 1 fully saturated rings. The molecule has 0 aliphatic carbocycles. The molecule has 0 bridgehead atoms. The molecule has 0 radical (unpaired) electrons. The van der Waals surface area contributed by atoms with Crippen LogP contribution >= 0.6 is 0 Å². The molecule has 1 N–H and O–H groups in total. The number of piperidine rings is 1. The number of carbonyl (C=O) groups is 2. The van der Waals surface area contributed by atoms with Crippen LogP contribution in [0, 0.1) is 11.6 Å². The van der Waals surface area contributed by atoms with Crippen molar-refractivity contribution in [3.8, 4) is 5.75 Å². The number of hydrogen-bond acceptors (Lipinski definition) is 3. The summed E-state index contributed by atoms with van der Waals surface area (Å²) in [6, 6.07) is 18.9. The normalized spacial score (nSPS) is 14.1. The van der Waals surface area contributed by atoms with Crippen LogP contribution in [0.3, 0.4) is 0 Å². The molecule has 7 heteroatoms. The van der Waals surface area contributed by atoms with E-state index < -0.39 is 11.6 Å². The van der Waals surface area contributed by atoms with Crippen molar-refractivity contribution in [2.24, 2.45) is 0 Å². The Morgan fingerprint density at radius 2 is 1.56 bits per heavy atom. The minimum absolute atomic E-state index is 0.0179. The van der Waals surface area contributed by atoms with Gasteiger partial charge in [0.1, 0.15) is 11.9 Å². The van der Waals surface area contributed by atoms with Gasteiger partial charge in [0.25, 0.3) is 11.8 Å². The van der Waals surface area contributed by atoms with Crippen molar-refractivity contribution in [2.75, 3.05) is 18.4 Å². The number of amides is 2. The molecule has 4 rings (SSSR count). The van der Waals surface area contributed by atoms with Crippen molar-refractivity contribution in [2.45, 2.75) is 18.9 Å². The van der Waals surface area contributed by atoms with Gasteiger partial charge in [-0.25, -0.2) is 8.78 Å². The van der Waals surface area contributed by atoms with Crippen molar-refractivity contribution >= 4 is 17.5 Å². The number of anilines is 1. The molecule has 1 heterocycles. The standard InChI is InChI=1S/C25H22F2N2O3/c26-19-8-11-23(22(27)16-19)32-21-12-14-29(15-13-21)25(31)18-6-9-20(10-7-18)28-24(30)17-4-2-1-3-5-17/h1-11,16,21H,12-15H2,(H,28,30). The van der Waals surface area contributed by atoms with E-state index in [-0.39, 0.29) is 23.7 Å². The van der Waals surface area contributed by atoms with E-state index in [1.54, 1.807) is 53.4 Å². The second-order valence-electron chi connectivity index (χ2n) is 7.58. The number of hydrogen-bond donors (Lipinski definition) is 1. The summed E-state index contributed by atoms with van der Waals surface area (Å²) in [6.45, 7) is 0.942. The maximum atomic E-state index is 13.8. The minimum Gasteiger partial charge on any atom is -0.487 e. The fourth-order valence-electron chi connectivity index (χ4n) is 3.60. The van der Waals surface area contributed by atoms with Crippen molar-refractivity contribution < 1.29 is 23.1 Å². The van der Waals surface area contributed by atoms with Crippen LogP contribution in [-0.2, 0) is 0 Å². The Balaban J connectivity index is 1.30. The summed E-state index contributed by atoms with van der Waals surface area (Å²) < 4.78 is 32.5. The molecule has 0 atom stereocenters. The zero-order valence-electron chi connectivity index (χ0n) is 17.3. The quantitative estimate of drug-likeness (QED) is 0.619. The van der Waals surface area contributed by atoms with Gasteiger partial charge < -0.3 is 15.0 Å². The van der Waals surface area contributed by atoms with Crippen molar-refractivity contribution in [1.29, 1.82) is 0 Å². The lowest BCUT2D eigenvalue weighted by Gasteiger charge is -2.32. The Morgan fingerprint density at radius 1 is 0.875 bits per heavy atom. The summed E-state index contributed by atoms with van der Waals surface area (Å²) in [7, 11) is 0. The number of halogens is 2. The van der Waals surface area contributed by atoms with Crippen LogP contribution in [0.4, 0.5) is 14.5 Å². The Morgan fingerprint density at radius 3 is 2.22 bits per heavy atom. The summed E-state index contributed by atoms with van der Waals surface area (Å²) in [4.78, 5) is 26.8. The third kappa shape index (κ3) is 5.11. The molecule has 32 heavy (non-hydrogen) atoms. The van der Waals surface area contributed by atoms with Crippen LogP contribution in [0.1, 0.15) is 33.6 Å². The number of rotatable bonds is 5. The van der Waals surface area contributed by atoms with E-state index in [0.717, 1.165) is 12.1 Å². The molecule has 5 nitrogen and oxygen atoms in total. The number of likely N-dealkylation sites (tertiary alicyclic amines) is 1. The van der Waals surface area contributed by atoms with E-state index in [2.05, 4.69) is 5.32 Å². The molecule has 0 unspecified atom stereocenters. The Hall–Kier alpha value is -3.74. The van der Waals surface area contributed by atoms with Crippen LogP contribution in [0.15, 0.2) is 72.8 Å². The highest BCUT2D eigenvalue weighted by molar-refractivity contribution is 6.04. The van der Waals surface area contributed by atoms with Crippen LogP contribution in [0.25, 0.3) is 0 Å². The molecule has 1 aliphatic rings. The maximum absolute atomic E-state index is 13.8. The largest absolute Gasteiger partial charge is 0.487 e. The number of benzene rings is 3. The van der Waals surface area contributed by atoms with E-state index >= 15 is 0 Å². The lowest BCUT2D eigenvalue weighted by Crippen LogP contribution is -2.41. The second kappa shape index (κ2) is 9.60. The monoisotopic (exact) mass is 436 g/mol. The first kappa shape index (κ1) is 21.5. The van der Waals surface area contributed by atoms with Gasteiger partial charge in [-0.05, 0) is 48.5 Å². The lowest BCUT2D eigenvalue weighted by molar-refractivity contribution is 0.0588. The molecule has 3 aromatic carbocycles. The van der Waals surface area contributed by atoms with Crippen molar-refractivity contribution in [3.05, 3.63) is 95.6 Å². The third-order valence-electron chi connectivity index (χ3n) is 5.34. The fraction of sp³-hybridized carbons (Fsp3) is 0.200. The molecule has 1 saturated heterocycles. The number of ether oxygens (including phenoxy) is 1. The molecule has 0 spiro atoms. The predicted molar refractivity (Wildman–Crippen MR) is 117 cm³/mol. The first-order valence-corrected chi connectivity index (χ1v) is 10.4. The summed E-state index contributed by atoms with van der Waals surface area (Å²) in [6.07, 6.45) is 0.858. The minimum atomic E-state index is -0.733. The van der Waals surface area contributed by atoms with E-state index in [1.165, 1.54) is 6.07 Å². The topological polar surface area (TPSA) is 58.6 Å². The van der Waals surface area contributed by atoms with Gasteiger partial charge in [-0.2, -0.15) is 0 Å². The van der Waals surface area contributed by atoms with Gasteiger partial charge in [-0.1, -0.05) is 18.2 Å². The SMILES string of the molecule is O=C(Nc1ccc(C(=O)N2CCC(Oc3ccc(F)cc3F)CC2)cc1)c1ccccc1.